The molecule has 0 radical (unpaired) electrons. The van der Waals surface area contributed by atoms with Gasteiger partial charge in [0.1, 0.15) is 12.7 Å². The summed E-state index contributed by atoms with van der Waals surface area (Å²) in [6.45, 7) is 1.50. The SMILES string of the molecule is Nc1cnn(CCn2cncn2)c1. The highest BCUT2D eigenvalue weighted by atomic mass is 15.3. The van der Waals surface area contributed by atoms with Crippen LogP contribution in [0.5, 0.6) is 0 Å². The molecular weight excluding hydrogens is 168 g/mol. The highest BCUT2D eigenvalue weighted by Crippen LogP contribution is 1.97. The Labute approximate surface area is 75.0 Å². The van der Waals surface area contributed by atoms with Crippen LogP contribution in [0.25, 0.3) is 0 Å². The van der Waals surface area contributed by atoms with E-state index in [-0.39, 0.29) is 0 Å². The number of anilines is 1. The Hall–Kier alpha value is -1.85. The van der Waals surface area contributed by atoms with Gasteiger partial charge in [-0.2, -0.15) is 10.2 Å². The number of nitrogen functional groups attached to an aromatic ring is 1. The summed E-state index contributed by atoms with van der Waals surface area (Å²) in [5.74, 6) is 0. The standard InChI is InChI=1S/C7H10N6/c8-7-3-10-12(4-7)1-2-13-6-9-5-11-13/h3-6H,1-2,8H2. The molecule has 68 valence electrons. The lowest BCUT2D eigenvalue weighted by atomic mass is 10.6. The van der Waals surface area contributed by atoms with Crippen LogP contribution in [0.4, 0.5) is 5.69 Å². The average molecular weight is 178 g/mol. The molecule has 13 heavy (non-hydrogen) atoms. The number of aromatic nitrogens is 5. The molecule has 2 N–H and O–H groups in total. The average Bonchev–Trinajstić information content (AvgIpc) is 2.71. The molecule has 0 saturated carbocycles. The molecule has 2 rings (SSSR count). The Balaban J connectivity index is 1.93. The van der Waals surface area contributed by atoms with Crippen molar-refractivity contribution in [1.82, 2.24) is 24.5 Å². The van der Waals surface area contributed by atoms with Crippen LogP contribution in [-0.4, -0.2) is 24.5 Å². The Bertz CT molecular complexity index is 362. The van der Waals surface area contributed by atoms with E-state index in [1.165, 1.54) is 6.33 Å². The van der Waals surface area contributed by atoms with Crippen LogP contribution in [0, 0.1) is 0 Å². The fraction of sp³-hybridized carbons (Fsp3) is 0.286. The van der Waals surface area contributed by atoms with Gasteiger partial charge in [-0.15, -0.1) is 0 Å². The first-order valence-corrected chi connectivity index (χ1v) is 3.95. The minimum Gasteiger partial charge on any atom is -0.396 e. The summed E-state index contributed by atoms with van der Waals surface area (Å²) in [6, 6.07) is 0. The zero-order valence-electron chi connectivity index (χ0n) is 7.04. The van der Waals surface area contributed by atoms with Crippen LogP contribution >= 0.6 is 0 Å². The lowest BCUT2D eigenvalue weighted by Crippen LogP contribution is -2.07. The second-order valence-electron chi connectivity index (χ2n) is 2.70. The minimum atomic E-state index is 0.679. The summed E-state index contributed by atoms with van der Waals surface area (Å²) in [5, 5.41) is 8.02. The third-order valence-electron chi connectivity index (χ3n) is 1.68. The van der Waals surface area contributed by atoms with Gasteiger partial charge in [0, 0.05) is 6.20 Å². The van der Waals surface area contributed by atoms with Gasteiger partial charge in [0.25, 0.3) is 0 Å². The summed E-state index contributed by atoms with van der Waals surface area (Å²) < 4.78 is 3.52. The molecule has 6 nitrogen and oxygen atoms in total. The second kappa shape index (κ2) is 3.26. The predicted octanol–water partition coefficient (Wildman–Crippen LogP) is -0.243. The summed E-state index contributed by atoms with van der Waals surface area (Å²) in [4.78, 5) is 3.84. The Morgan fingerprint density at radius 1 is 1.23 bits per heavy atom. The van der Waals surface area contributed by atoms with E-state index in [9.17, 15) is 0 Å². The van der Waals surface area contributed by atoms with Crippen molar-refractivity contribution < 1.29 is 0 Å². The van der Waals surface area contributed by atoms with Crippen LogP contribution in [0.15, 0.2) is 25.0 Å². The van der Waals surface area contributed by atoms with Crippen molar-refractivity contribution >= 4 is 5.69 Å². The summed E-state index contributed by atoms with van der Waals surface area (Å²) in [7, 11) is 0. The molecule has 0 spiro atoms. The largest absolute Gasteiger partial charge is 0.396 e. The third kappa shape index (κ3) is 1.84. The van der Waals surface area contributed by atoms with Gasteiger partial charge in [0.2, 0.25) is 0 Å². The maximum Gasteiger partial charge on any atom is 0.137 e. The van der Waals surface area contributed by atoms with Crippen molar-refractivity contribution in [2.45, 2.75) is 13.1 Å². The Kier molecular flexibility index (Phi) is 1.95. The lowest BCUT2D eigenvalue weighted by molar-refractivity contribution is 0.499. The first-order chi connectivity index (χ1) is 6.34. The van der Waals surface area contributed by atoms with E-state index in [0.29, 0.717) is 5.69 Å². The van der Waals surface area contributed by atoms with Crippen LogP contribution in [0.2, 0.25) is 0 Å². The van der Waals surface area contributed by atoms with Gasteiger partial charge in [-0.05, 0) is 0 Å². The Morgan fingerprint density at radius 2 is 2.08 bits per heavy atom. The lowest BCUT2D eigenvalue weighted by Gasteiger charge is -1.99. The number of nitrogens with zero attached hydrogens (tertiary/aromatic N) is 5. The number of hydrogen-bond acceptors (Lipinski definition) is 4. The quantitative estimate of drug-likeness (QED) is 0.703. The second-order valence-corrected chi connectivity index (χ2v) is 2.70. The monoisotopic (exact) mass is 178 g/mol. The van der Waals surface area contributed by atoms with Gasteiger partial charge >= 0.3 is 0 Å². The molecule has 0 aliphatic rings. The van der Waals surface area contributed by atoms with E-state index in [0.717, 1.165) is 13.1 Å². The van der Waals surface area contributed by atoms with Crippen molar-refractivity contribution in [3.05, 3.63) is 25.0 Å². The van der Waals surface area contributed by atoms with Crippen LogP contribution in [-0.2, 0) is 13.1 Å². The van der Waals surface area contributed by atoms with Crippen molar-refractivity contribution in [2.75, 3.05) is 5.73 Å². The predicted molar refractivity (Wildman–Crippen MR) is 46.7 cm³/mol. The van der Waals surface area contributed by atoms with Crippen LogP contribution in [0.1, 0.15) is 0 Å². The van der Waals surface area contributed by atoms with E-state index in [1.807, 2.05) is 0 Å². The highest BCUT2D eigenvalue weighted by molar-refractivity contribution is 5.30. The molecule has 0 bridgehead atoms. The van der Waals surface area contributed by atoms with E-state index in [4.69, 9.17) is 5.73 Å². The van der Waals surface area contributed by atoms with Gasteiger partial charge in [-0.1, -0.05) is 0 Å². The van der Waals surface area contributed by atoms with E-state index in [2.05, 4.69) is 15.2 Å². The van der Waals surface area contributed by atoms with E-state index < -0.39 is 0 Å². The van der Waals surface area contributed by atoms with Crippen molar-refractivity contribution in [3.8, 4) is 0 Å². The zero-order valence-corrected chi connectivity index (χ0v) is 7.04. The van der Waals surface area contributed by atoms with Gasteiger partial charge in [-0.25, -0.2) is 4.98 Å². The van der Waals surface area contributed by atoms with Crippen molar-refractivity contribution in [3.63, 3.8) is 0 Å². The molecule has 0 unspecified atom stereocenters. The number of hydrogen-bond donors (Lipinski definition) is 1. The molecule has 0 fully saturated rings. The van der Waals surface area contributed by atoms with Gasteiger partial charge in [0.05, 0.1) is 25.0 Å². The smallest absolute Gasteiger partial charge is 0.137 e. The van der Waals surface area contributed by atoms with Crippen molar-refractivity contribution in [1.29, 1.82) is 0 Å². The minimum absolute atomic E-state index is 0.679. The zero-order chi connectivity index (χ0) is 9.10. The molecular formula is C7H10N6. The molecule has 0 aliphatic heterocycles. The fourth-order valence-electron chi connectivity index (χ4n) is 1.05. The van der Waals surface area contributed by atoms with Crippen LogP contribution in [0.3, 0.4) is 0 Å². The molecule has 2 aromatic rings. The normalized spacial score (nSPS) is 10.5. The van der Waals surface area contributed by atoms with Gasteiger partial charge in [-0.3, -0.25) is 9.36 Å². The first kappa shape index (κ1) is 7.78. The summed E-state index contributed by atoms with van der Waals surface area (Å²) >= 11 is 0. The summed E-state index contributed by atoms with van der Waals surface area (Å²) in [6.07, 6.45) is 6.60. The number of rotatable bonds is 3. The topological polar surface area (TPSA) is 74.5 Å². The molecule has 0 atom stereocenters. The molecule has 0 aromatic carbocycles. The van der Waals surface area contributed by atoms with Gasteiger partial charge < -0.3 is 5.73 Å². The van der Waals surface area contributed by atoms with Crippen molar-refractivity contribution in [2.24, 2.45) is 0 Å². The molecule has 2 aromatic heterocycles. The highest BCUT2D eigenvalue weighted by Gasteiger charge is 1.95. The molecule has 0 aliphatic carbocycles. The molecule has 2 heterocycles. The number of aryl methyl sites for hydroxylation is 2. The fourth-order valence-corrected chi connectivity index (χ4v) is 1.05. The molecule has 0 saturated heterocycles. The van der Waals surface area contributed by atoms with Crippen LogP contribution < -0.4 is 5.73 Å². The molecule has 0 amide bonds. The first-order valence-electron chi connectivity index (χ1n) is 3.95. The maximum atomic E-state index is 5.51. The van der Waals surface area contributed by atoms with E-state index in [1.54, 1.807) is 28.1 Å². The number of nitrogens with two attached hydrogens (primary N) is 1. The maximum absolute atomic E-state index is 5.51. The van der Waals surface area contributed by atoms with E-state index >= 15 is 0 Å². The summed E-state index contributed by atoms with van der Waals surface area (Å²) in [5.41, 5.74) is 6.19. The Morgan fingerprint density at radius 3 is 2.69 bits per heavy atom. The third-order valence-corrected chi connectivity index (χ3v) is 1.68. The molecule has 6 heteroatoms. The van der Waals surface area contributed by atoms with Gasteiger partial charge in [0.15, 0.2) is 0 Å².